The van der Waals surface area contributed by atoms with Crippen LogP contribution >= 0.6 is 0 Å². The Labute approximate surface area is 117 Å². The van der Waals surface area contributed by atoms with Gasteiger partial charge in [0, 0.05) is 6.04 Å². The second kappa shape index (κ2) is 9.68. The van der Waals surface area contributed by atoms with Crippen LogP contribution in [-0.4, -0.2) is 25.8 Å². The lowest BCUT2D eigenvalue weighted by atomic mass is 10.1. The van der Waals surface area contributed by atoms with Crippen LogP contribution in [0.4, 0.5) is 0 Å². The van der Waals surface area contributed by atoms with Gasteiger partial charge in [0.25, 0.3) is 0 Å². The molecule has 0 heterocycles. The first-order valence-corrected chi connectivity index (χ1v) is 7.39. The monoisotopic (exact) mass is 265 g/mol. The first-order chi connectivity index (χ1) is 9.30. The normalized spacial score (nSPS) is 12.2. The molecule has 0 aliphatic rings. The molecule has 0 bridgehead atoms. The van der Waals surface area contributed by atoms with Crippen molar-refractivity contribution >= 4 is 0 Å². The Morgan fingerprint density at radius 1 is 1.00 bits per heavy atom. The average molecular weight is 265 g/mol. The van der Waals surface area contributed by atoms with Gasteiger partial charge in [-0.3, -0.25) is 0 Å². The molecule has 3 nitrogen and oxygen atoms in total. The van der Waals surface area contributed by atoms with Crippen molar-refractivity contribution < 1.29 is 9.47 Å². The number of benzene rings is 1. The molecule has 0 saturated carbocycles. The molecule has 1 atom stereocenters. The summed E-state index contributed by atoms with van der Waals surface area (Å²) in [5.41, 5.74) is 0. The van der Waals surface area contributed by atoms with E-state index in [1.807, 2.05) is 31.2 Å². The Morgan fingerprint density at radius 2 is 1.63 bits per heavy atom. The summed E-state index contributed by atoms with van der Waals surface area (Å²) in [5.74, 6) is 1.81. The minimum Gasteiger partial charge on any atom is -0.494 e. The number of hydrogen-bond donors (Lipinski definition) is 1. The molecule has 108 valence electrons. The molecule has 0 aliphatic carbocycles. The fraction of sp³-hybridized carbons (Fsp3) is 0.625. The zero-order valence-corrected chi connectivity index (χ0v) is 12.4. The van der Waals surface area contributed by atoms with Gasteiger partial charge in [-0.2, -0.15) is 0 Å². The molecule has 0 fully saturated rings. The lowest BCUT2D eigenvalue weighted by Crippen LogP contribution is -2.28. The van der Waals surface area contributed by atoms with E-state index in [4.69, 9.17) is 9.47 Å². The average Bonchev–Trinajstić information content (AvgIpc) is 2.44. The van der Waals surface area contributed by atoms with Crippen LogP contribution in [0.1, 0.15) is 40.0 Å². The van der Waals surface area contributed by atoms with Gasteiger partial charge in [0.15, 0.2) is 0 Å². The molecule has 1 unspecified atom stereocenters. The molecule has 1 aromatic carbocycles. The van der Waals surface area contributed by atoms with E-state index in [0.29, 0.717) is 12.6 Å². The summed E-state index contributed by atoms with van der Waals surface area (Å²) in [7, 11) is 0. The minimum absolute atomic E-state index is 0.619. The van der Waals surface area contributed by atoms with Crippen LogP contribution in [0.3, 0.4) is 0 Å². The Bertz CT molecular complexity index is 324. The molecule has 1 N–H and O–H groups in total. The summed E-state index contributed by atoms with van der Waals surface area (Å²) in [6, 6.07) is 8.45. The van der Waals surface area contributed by atoms with Gasteiger partial charge in [-0.15, -0.1) is 0 Å². The third kappa shape index (κ3) is 6.48. The summed E-state index contributed by atoms with van der Waals surface area (Å²) < 4.78 is 11.1. The summed E-state index contributed by atoms with van der Waals surface area (Å²) in [5, 5.41) is 3.48. The van der Waals surface area contributed by atoms with Gasteiger partial charge in [-0.05, 0) is 57.0 Å². The van der Waals surface area contributed by atoms with Crippen molar-refractivity contribution in [2.24, 2.45) is 0 Å². The highest BCUT2D eigenvalue weighted by Crippen LogP contribution is 2.17. The third-order valence-electron chi connectivity index (χ3n) is 3.09. The van der Waals surface area contributed by atoms with Crippen LogP contribution in [0.25, 0.3) is 0 Å². The standard InChI is InChI=1S/C16H27NO2/c1-4-14(17-5-2)8-7-13-19-16-11-9-15(10-12-16)18-6-3/h9-12,14,17H,4-8,13H2,1-3H3. The fourth-order valence-electron chi connectivity index (χ4n) is 2.06. The molecular weight excluding hydrogens is 238 g/mol. The van der Waals surface area contributed by atoms with E-state index in [1.54, 1.807) is 0 Å². The van der Waals surface area contributed by atoms with Gasteiger partial charge >= 0.3 is 0 Å². The SMILES string of the molecule is CCNC(CC)CCCOc1ccc(OCC)cc1. The number of rotatable bonds is 10. The van der Waals surface area contributed by atoms with Crippen molar-refractivity contribution in [3.05, 3.63) is 24.3 Å². The van der Waals surface area contributed by atoms with E-state index in [0.717, 1.165) is 31.1 Å². The maximum atomic E-state index is 5.73. The number of nitrogens with one attached hydrogen (secondary N) is 1. The van der Waals surface area contributed by atoms with Crippen LogP contribution in [0.15, 0.2) is 24.3 Å². The lowest BCUT2D eigenvalue weighted by Gasteiger charge is -2.15. The topological polar surface area (TPSA) is 30.5 Å². The zero-order valence-electron chi connectivity index (χ0n) is 12.4. The van der Waals surface area contributed by atoms with E-state index >= 15 is 0 Å². The number of hydrogen-bond acceptors (Lipinski definition) is 3. The highest BCUT2D eigenvalue weighted by atomic mass is 16.5. The predicted octanol–water partition coefficient (Wildman–Crippen LogP) is 3.63. The van der Waals surface area contributed by atoms with Crippen molar-refractivity contribution in [3.8, 4) is 11.5 Å². The van der Waals surface area contributed by atoms with Crippen LogP contribution < -0.4 is 14.8 Å². The summed E-state index contributed by atoms with van der Waals surface area (Å²) in [6.07, 6.45) is 3.43. The van der Waals surface area contributed by atoms with Gasteiger partial charge in [-0.1, -0.05) is 13.8 Å². The Kier molecular flexibility index (Phi) is 8.07. The molecule has 1 aromatic rings. The second-order valence-corrected chi connectivity index (χ2v) is 4.56. The van der Waals surface area contributed by atoms with E-state index in [2.05, 4.69) is 19.2 Å². The number of ether oxygens (including phenoxy) is 2. The van der Waals surface area contributed by atoms with Crippen LogP contribution in [0, 0.1) is 0 Å². The molecule has 3 heteroatoms. The molecule has 0 spiro atoms. The van der Waals surface area contributed by atoms with E-state index in [1.165, 1.54) is 12.8 Å². The van der Waals surface area contributed by atoms with Crippen molar-refractivity contribution in [2.45, 2.75) is 46.1 Å². The van der Waals surface area contributed by atoms with E-state index < -0.39 is 0 Å². The summed E-state index contributed by atoms with van der Waals surface area (Å²) in [4.78, 5) is 0. The van der Waals surface area contributed by atoms with Crippen molar-refractivity contribution in [1.82, 2.24) is 5.32 Å². The van der Waals surface area contributed by atoms with Gasteiger partial charge in [0.1, 0.15) is 11.5 Å². The third-order valence-corrected chi connectivity index (χ3v) is 3.09. The molecular formula is C16H27NO2. The van der Waals surface area contributed by atoms with Gasteiger partial charge < -0.3 is 14.8 Å². The minimum atomic E-state index is 0.619. The second-order valence-electron chi connectivity index (χ2n) is 4.56. The zero-order chi connectivity index (χ0) is 13.9. The Morgan fingerprint density at radius 3 is 2.16 bits per heavy atom. The lowest BCUT2D eigenvalue weighted by molar-refractivity contribution is 0.293. The highest BCUT2D eigenvalue weighted by Gasteiger charge is 2.03. The molecule has 0 amide bonds. The smallest absolute Gasteiger partial charge is 0.119 e. The van der Waals surface area contributed by atoms with E-state index in [-0.39, 0.29) is 0 Å². The Hall–Kier alpha value is -1.22. The predicted molar refractivity (Wildman–Crippen MR) is 80.1 cm³/mol. The highest BCUT2D eigenvalue weighted by molar-refractivity contribution is 5.31. The van der Waals surface area contributed by atoms with Crippen LogP contribution in [0.2, 0.25) is 0 Å². The van der Waals surface area contributed by atoms with Gasteiger partial charge in [-0.25, -0.2) is 0 Å². The molecule has 0 radical (unpaired) electrons. The van der Waals surface area contributed by atoms with Gasteiger partial charge in [0.2, 0.25) is 0 Å². The van der Waals surface area contributed by atoms with Crippen molar-refractivity contribution in [2.75, 3.05) is 19.8 Å². The quantitative estimate of drug-likeness (QED) is 0.655. The molecule has 0 saturated heterocycles. The van der Waals surface area contributed by atoms with Crippen molar-refractivity contribution in [1.29, 1.82) is 0 Å². The van der Waals surface area contributed by atoms with Crippen LogP contribution in [-0.2, 0) is 0 Å². The molecule has 19 heavy (non-hydrogen) atoms. The molecule has 0 aliphatic heterocycles. The Balaban J connectivity index is 2.21. The summed E-state index contributed by atoms with van der Waals surface area (Å²) >= 11 is 0. The summed E-state index contributed by atoms with van der Waals surface area (Å²) in [6.45, 7) is 8.87. The first-order valence-electron chi connectivity index (χ1n) is 7.39. The maximum Gasteiger partial charge on any atom is 0.119 e. The fourth-order valence-corrected chi connectivity index (χ4v) is 2.06. The largest absolute Gasteiger partial charge is 0.494 e. The van der Waals surface area contributed by atoms with Gasteiger partial charge in [0.05, 0.1) is 13.2 Å². The van der Waals surface area contributed by atoms with Crippen LogP contribution in [0.5, 0.6) is 11.5 Å². The molecule has 1 rings (SSSR count). The van der Waals surface area contributed by atoms with E-state index in [9.17, 15) is 0 Å². The van der Waals surface area contributed by atoms with Crippen molar-refractivity contribution in [3.63, 3.8) is 0 Å². The first kappa shape index (κ1) is 15.8. The maximum absolute atomic E-state index is 5.73. The molecule has 0 aromatic heterocycles.